The summed E-state index contributed by atoms with van der Waals surface area (Å²) in [4.78, 5) is 14.7. The topological polar surface area (TPSA) is 85.4 Å². The van der Waals surface area contributed by atoms with Crippen LogP contribution in [-0.2, 0) is 0 Å². The number of carboxylic acid groups (broad SMARTS) is 1. The lowest BCUT2D eigenvalue weighted by Gasteiger charge is -2.12. The van der Waals surface area contributed by atoms with E-state index >= 15 is 0 Å². The monoisotopic (exact) mass is 280 g/mol. The number of nitrogen functional groups attached to an aromatic ring is 1. The maximum Gasteiger partial charge on any atom is 0.358 e. The molecule has 0 aliphatic heterocycles. The first-order valence-electron chi connectivity index (χ1n) is 5.48. The molecule has 0 atom stereocenters. The molecule has 0 bridgehead atoms. The number of hydrogen-bond acceptors (Lipinski definition) is 4. The number of halogens is 2. The summed E-state index contributed by atoms with van der Waals surface area (Å²) in [7, 11) is 1.14. The van der Waals surface area contributed by atoms with E-state index in [0.29, 0.717) is 0 Å². The second kappa shape index (κ2) is 5.12. The van der Waals surface area contributed by atoms with Gasteiger partial charge in [-0.15, -0.1) is 0 Å². The highest BCUT2D eigenvalue weighted by atomic mass is 19.1. The van der Waals surface area contributed by atoms with E-state index < -0.39 is 40.4 Å². The van der Waals surface area contributed by atoms with Gasteiger partial charge < -0.3 is 15.6 Å². The average Bonchev–Trinajstić information content (AvgIpc) is 2.42. The number of nitrogens with two attached hydrogens (primary N) is 1. The van der Waals surface area contributed by atoms with Crippen molar-refractivity contribution in [1.29, 1.82) is 0 Å². The van der Waals surface area contributed by atoms with E-state index in [1.165, 1.54) is 18.2 Å². The van der Waals surface area contributed by atoms with Gasteiger partial charge in [0.1, 0.15) is 17.2 Å². The van der Waals surface area contributed by atoms with Crippen molar-refractivity contribution in [3.05, 3.63) is 41.6 Å². The number of benzene rings is 1. The predicted octanol–water partition coefficient (Wildman–Crippen LogP) is 2.32. The summed E-state index contributed by atoms with van der Waals surface area (Å²) in [6.45, 7) is 0. The third-order valence-electron chi connectivity index (χ3n) is 2.66. The highest BCUT2D eigenvalue weighted by molar-refractivity contribution is 5.92. The fourth-order valence-corrected chi connectivity index (χ4v) is 1.75. The van der Waals surface area contributed by atoms with Crippen molar-refractivity contribution in [2.45, 2.75) is 0 Å². The summed E-state index contributed by atoms with van der Waals surface area (Å²) in [6.07, 6.45) is 0. The Balaban J connectivity index is 2.79. The van der Waals surface area contributed by atoms with Gasteiger partial charge in [0.2, 0.25) is 0 Å². The Morgan fingerprint density at radius 2 is 2.00 bits per heavy atom. The van der Waals surface area contributed by atoms with Gasteiger partial charge >= 0.3 is 5.97 Å². The summed E-state index contributed by atoms with van der Waals surface area (Å²) < 4.78 is 32.5. The van der Waals surface area contributed by atoms with Crippen LogP contribution in [0.3, 0.4) is 0 Å². The van der Waals surface area contributed by atoms with Crippen molar-refractivity contribution in [3.63, 3.8) is 0 Å². The second-order valence-electron chi connectivity index (χ2n) is 3.85. The van der Waals surface area contributed by atoms with Crippen LogP contribution in [0.4, 0.5) is 14.5 Å². The number of carbonyl (C=O) groups is 1. The van der Waals surface area contributed by atoms with Gasteiger partial charge in [-0.3, -0.25) is 0 Å². The zero-order valence-corrected chi connectivity index (χ0v) is 10.4. The van der Waals surface area contributed by atoms with E-state index in [0.717, 1.165) is 13.2 Å². The molecule has 1 aromatic heterocycles. The number of ether oxygens (including phenoxy) is 1. The lowest BCUT2D eigenvalue weighted by Crippen LogP contribution is -2.10. The summed E-state index contributed by atoms with van der Waals surface area (Å²) in [5.41, 5.74) is 3.73. The molecule has 20 heavy (non-hydrogen) atoms. The van der Waals surface area contributed by atoms with Crippen molar-refractivity contribution in [2.24, 2.45) is 0 Å². The molecule has 0 radical (unpaired) electrons. The van der Waals surface area contributed by atoms with Gasteiger partial charge in [0, 0.05) is 5.56 Å². The van der Waals surface area contributed by atoms with Gasteiger partial charge in [-0.05, 0) is 12.1 Å². The smallest absolute Gasteiger partial charge is 0.358 e. The quantitative estimate of drug-likeness (QED) is 0.901. The molecule has 104 valence electrons. The minimum absolute atomic E-state index is 0.179. The normalized spacial score (nSPS) is 10.3. The van der Waals surface area contributed by atoms with E-state index in [1.54, 1.807) is 0 Å². The Labute approximate surface area is 112 Å². The molecule has 2 rings (SSSR count). The number of carboxylic acids is 1. The van der Waals surface area contributed by atoms with Gasteiger partial charge in [0.15, 0.2) is 17.3 Å². The zero-order valence-electron chi connectivity index (χ0n) is 10.4. The molecule has 0 fully saturated rings. The predicted molar refractivity (Wildman–Crippen MR) is 67.5 cm³/mol. The first-order chi connectivity index (χ1) is 9.47. The lowest BCUT2D eigenvalue weighted by molar-refractivity contribution is 0.0686. The van der Waals surface area contributed by atoms with Crippen molar-refractivity contribution in [3.8, 4) is 17.0 Å². The van der Waals surface area contributed by atoms with E-state index in [2.05, 4.69) is 4.98 Å². The van der Waals surface area contributed by atoms with Gasteiger partial charge in [0.25, 0.3) is 0 Å². The number of anilines is 1. The molecule has 5 nitrogen and oxygen atoms in total. The highest BCUT2D eigenvalue weighted by Crippen LogP contribution is 2.34. The third-order valence-corrected chi connectivity index (χ3v) is 2.66. The molecule has 0 aliphatic rings. The molecule has 0 aliphatic carbocycles. The van der Waals surface area contributed by atoms with Crippen LogP contribution in [0.25, 0.3) is 11.3 Å². The molecular weight excluding hydrogens is 270 g/mol. The lowest BCUT2D eigenvalue weighted by atomic mass is 10.1. The van der Waals surface area contributed by atoms with Gasteiger partial charge in [0.05, 0.1) is 7.11 Å². The molecule has 7 heteroatoms. The number of aromatic carboxylic acids is 1. The Bertz CT molecular complexity index is 690. The number of nitrogens with zero attached hydrogens (tertiary/aromatic N) is 1. The average molecular weight is 280 g/mol. The van der Waals surface area contributed by atoms with Crippen LogP contribution in [0.15, 0.2) is 24.3 Å². The second-order valence-corrected chi connectivity index (χ2v) is 3.85. The van der Waals surface area contributed by atoms with Crippen LogP contribution >= 0.6 is 0 Å². The molecule has 0 unspecified atom stereocenters. The summed E-state index contributed by atoms with van der Waals surface area (Å²) in [6, 6.07) is 5.28. The van der Waals surface area contributed by atoms with Gasteiger partial charge in [-0.25, -0.2) is 18.6 Å². The number of pyridine rings is 1. The zero-order chi connectivity index (χ0) is 14.9. The van der Waals surface area contributed by atoms with E-state index in [-0.39, 0.29) is 5.56 Å². The Hall–Kier alpha value is -2.70. The number of aromatic nitrogens is 1. The Kier molecular flexibility index (Phi) is 3.51. The maximum absolute atomic E-state index is 14.1. The van der Waals surface area contributed by atoms with Crippen molar-refractivity contribution >= 4 is 11.7 Å². The Morgan fingerprint density at radius 3 is 2.55 bits per heavy atom. The highest BCUT2D eigenvalue weighted by Gasteiger charge is 2.24. The third kappa shape index (κ3) is 2.13. The van der Waals surface area contributed by atoms with Crippen molar-refractivity contribution in [1.82, 2.24) is 4.98 Å². The van der Waals surface area contributed by atoms with Crippen LogP contribution in [0.1, 0.15) is 10.5 Å². The molecule has 1 aromatic carbocycles. The largest absolute Gasteiger partial charge is 0.492 e. The first-order valence-corrected chi connectivity index (χ1v) is 5.48. The van der Waals surface area contributed by atoms with E-state index in [9.17, 15) is 13.6 Å². The van der Waals surface area contributed by atoms with E-state index in [4.69, 9.17) is 15.6 Å². The number of methoxy groups -OCH3 is 1. The maximum atomic E-state index is 14.1. The fraction of sp³-hybridized carbons (Fsp3) is 0.0769. The molecule has 0 saturated heterocycles. The molecule has 3 N–H and O–H groups in total. The van der Waals surface area contributed by atoms with Gasteiger partial charge in [-0.1, -0.05) is 12.1 Å². The van der Waals surface area contributed by atoms with Crippen LogP contribution in [0, 0.1) is 11.6 Å². The van der Waals surface area contributed by atoms with Crippen LogP contribution in [0.2, 0.25) is 0 Å². The first kappa shape index (κ1) is 13.7. The minimum atomic E-state index is -1.45. The molecule has 0 spiro atoms. The van der Waals surface area contributed by atoms with Crippen LogP contribution in [0.5, 0.6) is 5.75 Å². The molecule has 2 aromatic rings. The molecular formula is C13H10F2N2O3. The molecule has 0 saturated carbocycles. The fourth-order valence-electron chi connectivity index (χ4n) is 1.75. The van der Waals surface area contributed by atoms with Crippen molar-refractivity contribution < 1.29 is 23.4 Å². The SMILES string of the molecule is COc1c(C(=O)O)nc(-c2ccccc2F)c(F)c1N. The van der Waals surface area contributed by atoms with Crippen molar-refractivity contribution in [2.75, 3.05) is 12.8 Å². The molecule has 1 heterocycles. The molecule has 0 amide bonds. The number of hydrogen-bond donors (Lipinski definition) is 2. The van der Waals surface area contributed by atoms with E-state index in [1.807, 2.05) is 0 Å². The minimum Gasteiger partial charge on any atom is -0.492 e. The summed E-state index contributed by atoms with van der Waals surface area (Å²) in [5.74, 6) is -3.61. The van der Waals surface area contributed by atoms with Crippen LogP contribution < -0.4 is 10.5 Å². The van der Waals surface area contributed by atoms with Gasteiger partial charge in [-0.2, -0.15) is 0 Å². The summed E-state index contributed by atoms with van der Waals surface area (Å²) in [5, 5.41) is 9.04. The Morgan fingerprint density at radius 1 is 1.35 bits per heavy atom. The summed E-state index contributed by atoms with van der Waals surface area (Å²) >= 11 is 0. The van der Waals surface area contributed by atoms with Crippen LogP contribution in [-0.4, -0.2) is 23.2 Å². The standard InChI is InChI=1S/C13H10F2N2O3/c1-20-12-9(16)8(15)10(17-11(12)13(18)19)6-4-2-3-5-7(6)14/h2-5H,1H3,(H2,16,17)(H,18,19). The number of rotatable bonds is 3.